The van der Waals surface area contributed by atoms with Crippen LogP contribution in [0.25, 0.3) is 0 Å². The van der Waals surface area contributed by atoms with E-state index in [2.05, 4.69) is 5.10 Å². The Labute approximate surface area is 79.7 Å². The van der Waals surface area contributed by atoms with Gasteiger partial charge in [0.25, 0.3) is 0 Å². The lowest BCUT2D eigenvalue weighted by molar-refractivity contribution is 0.0831. The summed E-state index contributed by atoms with van der Waals surface area (Å²) >= 11 is 0. The maximum atomic E-state index is 9.99. The third-order valence-electron chi connectivity index (χ3n) is 2.17. The minimum Gasteiger partial charge on any atom is -0.385 e. The summed E-state index contributed by atoms with van der Waals surface area (Å²) in [6.07, 6.45) is 9.35. The smallest absolute Gasteiger partial charge is 0.0877 e. The third-order valence-corrected chi connectivity index (χ3v) is 2.17. The van der Waals surface area contributed by atoms with Crippen molar-refractivity contribution in [2.45, 2.75) is 31.3 Å². The van der Waals surface area contributed by atoms with Gasteiger partial charge in [0.1, 0.15) is 0 Å². The van der Waals surface area contributed by atoms with E-state index in [0.29, 0.717) is 6.42 Å². The van der Waals surface area contributed by atoms with Gasteiger partial charge >= 0.3 is 0 Å². The number of hydrogen-bond donors (Lipinski definition) is 1. The largest absolute Gasteiger partial charge is 0.385 e. The predicted molar refractivity (Wildman–Crippen MR) is 54.7 cm³/mol. The maximum Gasteiger partial charge on any atom is 0.0877 e. The first-order chi connectivity index (χ1) is 6.12. The Kier molecular flexibility index (Phi) is 3.48. The van der Waals surface area contributed by atoms with Crippen molar-refractivity contribution < 1.29 is 5.11 Å². The molecular weight excluding hydrogens is 164 g/mol. The molecular formula is C10H18N2O. The number of allylic oxidation sites excluding steroid dienone is 1. The second-order valence-corrected chi connectivity index (χ2v) is 3.75. The highest BCUT2D eigenvalue weighted by Crippen LogP contribution is 2.24. The average molecular weight is 182 g/mol. The van der Waals surface area contributed by atoms with E-state index >= 15 is 0 Å². The Morgan fingerprint density at radius 2 is 2.38 bits per heavy atom. The molecule has 0 heterocycles. The zero-order valence-electron chi connectivity index (χ0n) is 8.40. The Bertz CT molecular complexity index is 211. The fraction of sp³-hybridized carbons (Fsp3) is 0.700. The van der Waals surface area contributed by atoms with Crippen molar-refractivity contribution in [1.29, 1.82) is 0 Å². The van der Waals surface area contributed by atoms with Crippen LogP contribution in [-0.4, -0.2) is 36.0 Å². The van der Waals surface area contributed by atoms with Crippen LogP contribution < -0.4 is 0 Å². The van der Waals surface area contributed by atoms with E-state index < -0.39 is 5.60 Å². The van der Waals surface area contributed by atoms with Gasteiger partial charge in [-0.2, -0.15) is 5.10 Å². The van der Waals surface area contributed by atoms with E-state index in [4.69, 9.17) is 0 Å². The van der Waals surface area contributed by atoms with Crippen LogP contribution in [0.4, 0.5) is 0 Å². The van der Waals surface area contributed by atoms with E-state index in [9.17, 15) is 5.11 Å². The Hall–Kier alpha value is -0.830. The van der Waals surface area contributed by atoms with Gasteiger partial charge in [-0.15, -0.1) is 0 Å². The monoisotopic (exact) mass is 182 g/mol. The van der Waals surface area contributed by atoms with Crippen LogP contribution in [0.5, 0.6) is 0 Å². The second kappa shape index (κ2) is 4.42. The molecule has 74 valence electrons. The van der Waals surface area contributed by atoms with Crippen LogP contribution in [0.2, 0.25) is 0 Å². The van der Waals surface area contributed by atoms with E-state index in [1.165, 1.54) is 0 Å². The van der Waals surface area contributed by atoms with Crippen LogP contribution >= 0.6 is 0 Å². The van der Waals surface area contributed by atoms with Gasteiger partial charge in [-0.25, -0.2) is 0 Å². The molecule has 1 aliphatic carbocycles. The second-order valence-electron chi connectivity index (χ2n) is 3.75. The van der Waals surface area contributed by atoms with Gasteiger partial charge < -0.3 is 10.1 Å². The number of hydrazone groups is 1. The van der Waals surface area contributed by atoms with Crippen molar-refractivity contribution in [3.05, 3.63) is 12.2 Å². The minimum absolute atomic E-state index is 0.613. The summed E-state index contributed by atoms with van der Waals surface area (Å²) in [5.74, 6) is 0. The normalized spacial score (nSPS) is 28.2. The molecule has 1 rings (SSSR count). The van der Waals surface area contributed by atoms with E-state index in [0.717, 1.165) is 19.3 Å². The lowest BCUT2D eigenvalue weighted by Crippen LogP contribution is -2.28. The van der Waals surface area contributed by atoms with Crippen molar-refractivity contribution in [1.82, 2.24) is 5.01 Å². The molecule has 3 nitrogen and oxygen atoms in total. The summed E-state index contributed by atoms with van der Waals surface area (Å²) in [5.41, 5.74) is -0.641. The number of hydrogen-bond acceptors (Lipinski definition) is 3. The molecule has 0 saturated heterocycles. The van der Waals surface area contributed by atoms with E-state index in [1.807, 2.05) is 26.2 Å². The molecule has 1 aliphatic rings. The number of nitrogens with zero attached hydrogens (tertiary/aromatic N) is 2. The van der Waals surface area contributed by atoms with Crippen molar-refractivity contribution in [3.8, 4) is 0 Å². The summed E-state index contributed by atoms with van der Waals surface area (Å²) in [7, 11) is 3.74. The van der Waals surface area contributed by atoms with E-state index in [-0.39, 0.29) is 0 Å². The van der Waals surface area contributed by atoms with Crippen molar-refractivity contribution in [2.24, 2.45) is 5.10 Å². The molecule has 0 fully saturated rings. The summed E-state index contributed by atoms with van der Waals surface area (Å²) < 4.78 is 0. The van der Waals surface area contributed by atoms with Gasteiger partial charge in [0, 0.05) is 26.7 Å². The van der Waals surface area contributed by atoms with Gasteiger partial charge in [0.2, 0.25) is 0 Å². The highest BCUT2D eigenvalue weighted by molar-refractivity contribution is 5.59. The van der Waals surface area contributed by atoms with Crippen LogP contribution in [-0.2, 0) is 0 Å². The Balaban J connectivity index is 2.42. The lowest BCUT2D eigenvalue weighted by Gasteiger charge is -2.25. The van der Waals surface area contributed by atoms with Gasteiger partial charge in [0.05, 0.1) is 5.60 Å². The molecule has 1 N–H and O–H groups in total. The van der Waals surface area contributed by atoms with Crippen LogP contribution in [0.3, 0.4) is 0 Å². The molecule has 0 spiro atoms. The predicted octanol–water partition coefficient (Wildman–Crippen LogP) is 1.40. The van der Waals surface area contributed by atoms with Crippen molar-refractivity contribution in [2.75, 3.05) is 14.1 Å². The van der Waals surface area contributed by atoms with Crippen LogP contribution in [0, 0.1) is 0 Å². The summed E-state index contributed by atoms with van der Waals surface area (Å²) in [4.78, 5) is 0. The topological polar surface area (TPSA) is 35.8 Å². The Morgan fingerprint density at radius 1 is 1.62 bits per heavy atom. The maximum absolute atomic E-state index is 9.99. The average Bonchev–Trinajstić information content (AvgIpc) is 2.04. The third kappa shape index (κ3) is 3.59. The molecule has 3 heteroatoms. The fourth-order valence-electron chi connectivity index (χ4n) is 1.44. The van der Waals surface area contributed by atoms with Gasteiger partial charge in [0.15, 0.2) is 0 Å². The first kappa shape index (κ1) is 10.3. The molecule has 0 aromatic rings. The molecule has 0 aliphatic heterocycles. The first-order valence-electron chi connectivity index (χ1n) is 4.72. The summed E-state index contributed by atoms with van der Waals surface area (Å²) in [6.45, 7) is 0. The van der Waals surface area contributed by atoms with Crippen molar-refractivity contribution >= 4 is 6.21 Å². The zero-order chi connectivity index (χ0) is 9.73. The SMILES string of the molecule is CN(C)/N=C/CC1(O)C=CCCC1. The summed E-state index contributed by atoms with van der Waals surface area (Å²) in [6, 6.07) is 0. The minimum atomic E-state index is -0.641. The van der Waals surface area contributed by atoms with Gasteiger partial charge in [-0.1, -0.05) is 12.2 Å². The number of aliphatic hydroxyl groups is 1. The van der Waals surface area contributed by atoms with E-state index in [1.54, 1.807) is 11.2 Å². The highest BCUT2D eigenvalue weighted by Gasteiger charge is 2.23. The molecule has 0 bridgehead atoms. The zero-order valence-corrected chi connectivity index (χ0v) is 8.40. The molecule has 0 saturated carbocycles. The van der Waals surface area contributed by atoms with Crippen LogP contribution in [0.1, 0.15) is 25.7 Å². The van der Waals surface area contributed by atoms with Crippen molar-refractivity contribution in [3.63, 3.8) is 0 Å². The fourth-order valence-corrected chi connectivity index (χ4v) is 1.44. The molecule has 0 amide bonds. The van der Waals surface area contributed by atoms with Gasteiger partial charge in [-0.05, 0) is 19.3 Å². The molecule has 0 aromatic heterocycles. The molecule has 0 radical (unpaired) electrons. The molecule has 13 heavy (non-hydrogen) atoms. The Morgan fingerprint density at radius 3 is 2.92 bits per heavy atom. The molecule has 1 atom stereocenters. The lowest BCUT2D eigenvalue weighted by atomic mass is 9.89. The first-order valence-corrected chi connectivity index (χ1v) is 4.72. The van der Waals surface area contributed by atoms with Gasteiger partial charge in [-0.3, -0.25) is 0 Å². The molecule has 1 unspecified atom stereocenters. The quantitative estimate of drug-likeness (QED) is 0.407. The summed E-state index contributed by atoms with van der Waals surface area (Å²) in [5, 5.41) is 15.8. The van der Waals surface area contributed by atoms with Crippen LogP contribution in [0.15, 0.2) is 17.3 Å². The highest BCUT2D eigenvalue weighted by atomic mass is 16.3. The number of rotatable bonds is 3. The standard InChI is InChI=1S/C10H18N2O/c1-12(2)11-9-8-10(13)6-4-3-5-7-10/h4,6,9,13H,3,5,7-8H2,1-2H3/b11-9+. The molecule has 0 aromatic carbocycles.